The molecule has 3 rings (SSSR count). The molecule has 2 saturated heterocycles. The second-order valence-electron chi connectivity index (χ2n) is 7.24. The van der Waals surface area contributed by atoms with Crippen molar-refractivity contribution >= 4 is 0 Å². The minimum atomic E-state index is 0.849. The normalized spacial score (nSPS) is 34.4. The molecule has 0 aromatic carbocycles. The molecule has 0 amide bonds. The van der Waals surface area contributed by atoms with Gasteiger partial charge in [-0.25, -0.2) is 0 Å². The lowest BCUT2D eigenvalue weighted by Gasteiger charge is -2.49. The highest BCUT2D eigenvalue weighted by atomic mass is 15.3. The Morgan fingerprint density at radius 2 is 1.80 bits per heavy atom. The molecule has 0 spiro atoms. The van der Waals surface area contributed by atoms with Crippen molar-refractivity contribution in [2.24, 2.45) is 5.92 Å². The van der Waals surface area contributed by atoms with Gasteiger partial charge in [-0.05, 0) is 52.0 Å². The number of hydrogen-bond donors (Lipinski definition) is 0. The summed E-state index contributed by atoms with van der Waals surface area (Å²) in [5.41, 5.74) is 1.55. The highest BCUT2D eigenvalue weighted by Gasteiger charge is 2.42. The van der Waals surface area contributed by atoms with E-state index in [4.69, 9.17) is 0 Å². The minimum absolute atomic E-state index is 0.849. The zero-order valence-electron chi connectivity index (χ0n) is 13.5. The molecule has 2 heterocycles. The number of piperazine rings is 1. The molecule has 0 aromatic rings. The van der Waals surface area contributed by atoms with Gasteiger partial charge in [-0.2, -0.15) is 0 Å². The molecule has 0 bridgehead atoms. The fraction of sp³-hybridized carbons (Fsp3) is 0.889. The Labute approximate surface area is 125 Å². The van der Waals surface area contributed by atoms with Crippen molar-refractivity contribution in [3.63, 3.8) is 0 Å². The maximum Gasteiger partial charge on any atom is 0.0283 e. The summed E-state index contributed by atoms with van der Waals surface area (Å²) in [6, 6.07) is 1.72. The van der Waals surface area contributed by atoms with Gasteiger partial charge in [0.05, 0.1) is 0 Å². The molecule has 2 aliphatic heterocycles. The fourth-order valence-electron chi connectivity index (χ4n) is 4.85. The standard InChI is InChI=1S/C18H32N2/c1-3-15(2)14-20-13-12-19-11-7-10-17(19)18(20)16-8-5-4-6-9-16/h3,16-18H,4-14H2,1-2H3/b15-3+/t17-,18-/m1/s1. The first-order valence-electron chi connectivity index (χ1n) is 8.89. The Morgan fingerprint density at radius 1 is 1.00 bits per heavy atom. The van der Waals surface area contributed by atoms with Crippen molar-refractivity contribution in [3.05, 3.63) is 11.6 Å². The van der Waals surface area contributed by atoms with E-state index in [2.05, 4.69) is 29.7 Å². The molecule has 0 N–H and O–H groups in total. The lowest BCUT2D eigenvalue weighted by atomic mass is 9.78. The summed E-state index contributed by atoms with van der Waals surface area (Å²) in [7, 11) is 0. The Morgan fingerprint density at radius 3 is 2.55 bits per heavy atom. The number of allylic oxidation sites excluding steroid dienone is 1. The smallest absolute Gasteiger partial charge is 0.0283 e. The predicted octanol–water partition coefficient (Wildman–Crippen LogP) is 3.68. The van der Waals surface area contributed by atoms with Gasteiger partial charge in [0.1, 0.15) is 0 Å². The second kappa shape index (κ2) is 6.62. The minimum Gasteiger partial charge on any atom is -0.298 e. The quantitative estimate of drug-likeness (QED) is 0.726. The monoisotopic (exact) mass is 276 g/mol. The second-order valence-corrected chi connectivity index (χ2v) is 7.24. The van der Waals surface area contributed by atoms with Crippen LogP contribution in [0.2, 0.25) is 0 Å². The lowest BCUT2D eigenvalue weighted by molar-refractivity contribution is 0.00674. The van der Waals surface area contributed by atoms with E-state index in [-0.39, 0.29) is 0 Å². The van der Waals surface area contributed by atoms with Gasteiger partial charge in [-0.1, -0.05) is 30.9 Å². The van der Waals surface area contributed by atoms with Crippen LogP contribution < -0.4 is 0 Å². The Balaban J connectivity index is 1.76. The van der Waals surface area contributed by atoms with E-state index < -0.39 is 0 Å². The van der Waals surface area contributed by atoms with E-state index in [0.29, 0.717) is 0 Å². The summed E-state index contributed by atoms with van der Waals surface area (Å²) in [5.74, 6) is 0.972. The zero-order chi connectivity index (χ0) is 13.9. The summed E-state index contributed by atoms with van der Waals surface area (Å²) in [6.45, 7) is 9.68. The van der Waals surface area contributed by atoms with Crippen molar-refractivity contribution in [2.45, 2.75) is 70.9 Å². The Kier molecular flexibility index (Phi) is 4.83. The fourth-order valence-corrected chi connectivity index (χ4v) is 4.85. The van der Waals surface area contributed by atoms with Crippen molar-refractivity contribution in [3.8, 4) is 0 Å². The van der Waals surface area contributed by atoms with Gasteiger partial charge in [0.15, 0.2) is 0 Å². The first-order valence-corrected chi connectivity index (χ1v) is 8.89. The summed E-state index contributed by atoms with van der Waals surface area (Å²) in [5, 5.41) is 0. The maximum absolute atomic E-state index is 2.85. The highest BCUT2D eigenvalue weighted by Crippen LogP contribution is 2.37. The third-order valence-corrected chi connectivity index (χ3v) is 5.98. The van der Waals surface area contributed by atoms with Crippen molar-refractivity contribution < 1.29 is 0 Å². The van der Waals surface area contributed by atoms with Crippen LogP contribution in [0, 0.1) is 5.92 Å². The van der Waals surface area contributed by atoms with Gasteiger partial charge in [0.2, 0.25) is 0 Å². The molecule has 2 heteroatoms. The van der Waals surface area contributed by atoms with Crippen LogP contribution in [0.4, 0.5) is 0 Å². The molecule has 114 valence electrons. The maximum atomic E-state index is 2.85. The van der Waals surface area contributed by atoms with Crippen molar-refractivity contribution in [2.75, 3.05) is 26.2 Å². The highest BCUT2D eigenvalue weighted by molar-refractivity contribution is 5.05. The third kappa shape index (κ3) is 2.96. The summed E-state index contributed by atoms with van der Waals surface area (Å²) in [4.78, 5) is 5.65. The first kappa shape index (κ1) is 14.6. The SMILES string of the molecule is C/C=C(\C)CN1CCN2CCC[C@@H]2[C@H]1C1CCCCC1. The zero-order valence-corrected chi connectivity index (χ0v) is 13.5. The number of nitrogens with zero attached hydrogens (tertiary/aromatic N) is 2. The molecule has 1 saturated carbocycles. The van der Waals surface area contributed by atoms with E-state index in [1.165, 1.54) is 71.1 Å². The number of fused-ring (bicyclic) bond motifs is 1. The topological polar surface area (TPSA) is 6.48 Å². The Hall–Kier alpha value is -0.340. The van der Waals surface area contributed by atoms with Crippen LogP contribution in [0.1, 0.15) is 58.8 Å². The molecule has 3 fully saturated rings. The van der Waals surface area contributed by atoms with Gasteiger partial charge in [-0.3, -0.25) is 9.80 Å². The van der Waals surface area contributed by atoms with Crippen LogP contribution in [0.3, 0.4) is 0 Å². The van der Waals surface area contributed by atoms with Crippen LogP contribution in [0.15, 0.2) is 11.6 Å². The van der Waals surface area contributed by atoms with Gasteiger partial charge in [0.25, 0.3) is 0 Å². The summed E-state index contributed by atoms with van der Waals surface area (Å²) in [6.07, 6.45) is 12.6. The van der Waals surface area contributed by atoms with Crippen LogP contribution in [0.25, 0.3) is 0 Å². The van der Waals surface area contributed by atoms with Crippen LogP contribution in [-0.4, -0.2) is 48.1 Å². The number of hydrogen-bond acceptors (Lipinski definition) is 2. The van der Waals surface area contributed by atoms with Gasteiger partial charge < -0.3 is 0 Å². The molecular formula is C18H32N2. The molecule has 3 aliphatic rings. The molecule has 0 radical (unpaired) electrons. The van der Waals surface area contributed by atoms with E-state index in [1.54, 1.807) is 5.57 Å². The van der Waals surface area contributed by atoms with Crippen LogP contribution >= 0.6 is 0 Å². The van der Waals surface area contributed by atoms with E-state index in [1.807, 2.05) is 0 Å². The predicted molar refractivity (Wildman–Crippen MR) is 86.0 cm³/mol. The van der Waals surface area contributed by atoms with Crippen LogP contribution in [-0.2, 0) is 0 Å². The first-order chi connectivity index (χ1) is 9.79. The van der Waals surface area contributed by atoms with E-state index >= 15 is 0 Å². The summed E-state index contributed by atoms with van der Waals surface area (Å²) >= 11 is 0. The largest absolute Gasteiger partial charge is 0.298 e. The van der Waals surface area contributed by atoms with Gasteiger partial charge in [0, 0.05) is 31.7 Å². The molecule has 0 unspecified atom stereocenters. The van der Waals surface area contributed by atoms with Crippen molar-refractivity contribution in [1.82, 2.24) is 9.80 Å². The lowest BCUT2D eigenvalue weighted by Crippen LogP contribution is -2.60. The van der Waals surface area contributed by atoms with Crippen LogP contribution in [0.5, 0.6) is 0 Å². The molecule has 2 nitrogen and oxygen atoms in total. The molecule has 2 atom stereocenters. The number of rotatable bonds is 3. The third-order valence-electron chi connectivity index (χ3n) is 5.98. The van der Waals surface area contributed by atoms with Gasteiger partial charge >= 0.3 is 0 Å². The molecule has 20 heavy (non-hydrogen) atoms. The molecule has 1 aliphatic carbocycles. The molecular weight excluding hydrogens is 244 g/mol. The average Bonchev–Trinajstić information content (AvgIpc) is 2.96. The van der Waals surface area contributed by atoms with E-state index in [0.717, 1.165) is 18.0 Å². The van der Waals surface area contributed by atoms with Gasteiger partial charge in [-0.15, -0.1) is 0 Å². The average molecular weight is 276 g/mol. The Bertz CT molecular complexity index is 343. The molecule has 0 aromatic heterocycles. The summed E-state index contributed by atoms with van der Waals surface area (Å²) < 4.78 is 0. The van der Waals surface area contributed by atoms with E-state index in [9.17, 15) is 0 Å². The van der Waals surface area contributed by atoms with Crippen molar-refractivity contribution in [1.29, 1.82) is 0 Å².